The second-order valence-electron chi connectivity index (χ2n) is 7.50. The lowest BCUT2D eigenvalue weighted by Gasteiger charge is -2.02. The third-order valence-electron chi connectivity index (χ3n) is 4.84. The zero-order chi connectivity index (χ0) is 19.1. The second kappa shape index (κ2) is 22.0. The van der Waals surface area contributed by atoms with Crippen molar-refractivity contribution in [2.24, 2.45) is 0 Å². The van der Waals surface area contributed by atoms with Gasteiger partial charge in [-0.15, -0.1) is 0 Å². The van der Waals surface area contributed by atoms with E-state index in [9.17, 15) is 4.79 Å². The maximum Gasteiger partial charge on any atom is 0.303 e. The minimum atomic E-state index is -0.656. The number of unbranched alkanes of at least 4 members (excludes halogenated alkanes) is 14. The van der Waals surface area contributed by atoms with Crippen molar-refractivity contribution in [3.05, 3.63) is 24.3 Å². The number of carboxylic acids is 1. The van der Waals surface area contributed by atoms with Crippen LogP contribution in [0.5, 0.6) is 0 Å². The van der Waals surface area contributed by atoms with Crippen LogP contribution in [0.1, 0.15) is 122 Å². The Morgan fingerprint density at radius 2 is 1.04 bits per heavy atom. The normalized spacial score (nSPS) is 11.7. The summed E-state index contributed by atoms with van der Waals surface area (Å²) in [5.74, 6) is -0.656. The number of carbonyl (C=O) groups is 1. The van der Waals surface area contributed by atoms with Crippen LogP contribution < -0.4 is 0 Å². The van der Waals surface area contributed by atoms with E-state index in [1.165, 1.54) is 89.9 Å². The monoisotopic (exact) mass is 364 g/mol. The number of hydrogen-bond acceptors (Lipinski definition) is 1. The first kappa shape index (κ1) is 24.9. The van der Waals surface area contributed by atoms with Crippen molar-refractivity contribution in [3.63, 3.8) is 0 Å². The van der Waals surface area contributed by atoms with Crippen LogP contribution in [-0.4, -0.2) is 11.1 Å². The quantitative estimate of drug-likeness (QED) is 0.174. The van der Waals surface area contributed by atoms with Gasteiger partial charge in [0.25, 0.3) is 0 Å². The lowest BCUT2D eigenvalue weighted by molar-refractivity contribution is -0.137. The van der Waals surface area contributed by atoms with Crippen LogP contribution in [0.3, 0.4) is 0 Å². The molecule has 2 heteroatoms. The van der Waals surface area contributed by atoms with Crippen molar-refractivity contribution in [1.82, 2.24) is 0 Å². The van der Waals surface area contributed by atoms with Crippen molar-refractivity contribution in [3.8, 4) is 0 Å². The summed E-state index contributed by atoms with van der Waals surface area (Å²) in [7, 11) is 0. The molecule has 26 heavy (non-hydrogen) atoms. The highest BCUT2D eigenvalue weighted by Gasteiger charge is 1.97. The predicted molar refractivity (Wildman–Crippen MR) is 115 cm³/mol. The molecule has 0 aromatic heterocycles. The summed E-state index contributed by atoms with van der Waals surface area (Å²) in [4.78, 5) is 10.4. The first-order valence-corrected chi connectivity index (χ1v) is 11.3. The molecule has 0 heterocycles. The van der Waals surface area contributed by atoms with Crippen LogP contribution >= 0.6 is 0 Å². The third kappa shape index (κ3) is 22.9. The van der Waals surface area contributed by atoms with Crippen molar-refractivity contribution < 1.29 is 9.90 Å². The molecule has 0 aliphatic heterocycles. The predicted octanol–water partition coefficient (Wildman–Crippen LogP) is 8.23. The van der Waals surface area contributed by atoms with Crippen LogP contribution in [0, 0.1) is 0 Å². The summed E-state index contributed by atoms with van der Waals surface area (Å²) in [5.41, 5.74) is 0. The fraction of sp³-hybridized carbons (Fsp3) is 0.792. The minimum Gasteiger partial charge on any atom is -0.481 e. The van der Waals surface area contributed by atoms with E-state index in [0.29, 0.717) is 6.42 Å². The maximum atomic E-state index is 10.4. The van der Waals surface area contributed by atoms with E-state index in [1.54, 1.807) is 0 Å². The Morgan fingerprint density at radius 3 is 1.50 bits per heavy atom. The third-order valence-corrected chi connectivity index (χ3v) is 4.84. The van der Waals surface area contributed by atoms with Gasteiger partial charge < -0.3 is 5.11 Å². The van der Waals surface area contributed by atoms with E-state index < -0.39 is 5.97 Å². The molecule has 0 atom stereocenters. The van der Waals surface area contributed by atoms with Gasteiger partial charge >= 0.3 is 5.97 Å². The van der Waals surface area contributed by atoms with Crippen molar-refractivity contribution >= 4 is 5.97 Å². The van der Waals surface area contributed by atoms with Crippen molar-refractivity contribution in [2.45, 2.75) is 122 Å². The molecule has 0 radical (unpaired) electrons. The molecule has 0 saturated carbocycles. The number of allylic oxidation sites excluding steroid dienone is 4. The fourth-order valence-corrected chi connectivity index (χ4v) is 3.13. The van der Waals surface area contributed by atoms with Gasteiger partial charge in [-0.2, -0.15) is 0 Å². The van der Waals surface area contributed by atoms with Crippen LogP contribution in [0.2, 0.25) is 0 Å². The Kier molecular flexibility index (Phi) is 21.1. The lowest BCUT2D eigenvalue weighted by atomic mass is 10.0. The first-order valence-electron chi connectivity index (χ1n) is 11.3. The zero-order valence-electron chi connectivity index (χ0n) is 17.4. The molecule has 0 aromatic rings. The summed E-state index contributed by atoms with van der Waals surface area (Å²) >= 11 is 0. The van der Waals surface area contributed by atoms with Gasteiger partial charge in [0.05, 0.1) is 0 Å². The van der Waals surface area contributed by atoms with Gasteiger partial charge in [-0.3, -0.25) is 4.79 Å². The van der Waals surface area contributed by atoms with E-state index >= 15 is 0 Å². The number of rotatable bonds is 20. The summed E-state index contributed by atoms with van der Waals surface area (Å²) in [5, 5.41) is 8.57. The maximum absolute atomic E-state index is 10.4. The molecule has 2 nitrogen and oxygen atoms in total. The van der Waals surface area contributed by atoms with Gasteiger partial charge in [0.15, 0.2) is 0 Å². The molecular weight excluding hydrogens is 320 g/mol. The van der Waals surface area contributed by atoms with Crippen molar-refractivity contribution in [1.29, 1.82) is 0 Å². The van der Waals surface area contributed by atoms with E-state index in [0.717, 1.165) is 19.3 Å². The van der Waals surface area contributed by atoms with Crippen LogP contribution in [0.15, 0.2) is 24.3 Å². The van der Waals surface area contributed by atoms with Gasteiger partial charge in [0.1, 0.15) is 0 Å². The number of carboxylic acid groups (broad SMARTS) is 1. The SMILES string of the molecule is CCCCC=CCC=CCCCCCCCCCCCCCCC(=O)O. The largest absolute Gasteiger partial charge is 0.481 e. The standard InChI is InChI=1S/C24H44O2/c1-2-3-4-5-6-7-8-9-10-11-12-13-14-15-16-17-18-19-20-21-22-23-24(25)26/h5-6,8-9H,2-4,7,10-23H2,1H3,(H,25,26). The Bertz CT molecular complexity index is 344. The average molecular weight is 365 g/mol. The first-order chi connectivity index (χ1) is 12.8. The molecule has 0 aliphatic rings. The fourth-order valence-electron chi connectivity index (χ4n) is 3.13. The molecule has 152 valence electrons. The van der Waals surface area contributed by atoms with E-state index in [2.05, 4.69) is 31.2 Å². The second-order valence-corrected chi connectivity index (χ2v) is 7.50. The molecule has 0 unspecified atom stereocenters. The number of aliphatic carboxylic acids is 1. The molecule has 0 amide bonds. The average Bonchev–Trinajstić information content (AvgIpc) is 2.62. The van der Waals surface area contributed by atoms with Crippen LogP contribution in [0.4, 0.5) is 0 Å². The molecule has 0 rings (SSSR count). The molecule has 0 bridgehead atoms. The van der Waals surface area contributed by atoms with Crippen LogP contribution in [-0.2, 0) is 4.79 Å². The topological polar surface area (TPSA) is 37.3 Å². The Labute approximate surface area is 163 Å². The van der Waals surface area contributed by atoms with Gasteiger partial charge in [-0.05, 0) is 32.1 Å². The molecule has 0 aliphatic carbocycles. The highest BCUT2D eigenvalue weighted by molar-refractivity contribution is 5.66. The summed E-state index contributed by atoms with van der Waals surface area (Å²) in [6.07, 6.45) is 31.1. The number of hydrogen-bond donors (Lipinski definition) is 1. The highest BCUT2D eigenvalue weighted by Crippen LogP contribution is 2.13. The Hall–Kier alpha value is -1.05. The molecule has 0 fully saturated rings. The Morgan fingerprint density at radius 1 is 0.615 bits per heavy atom. The molecule has 1 N–H and O–H groups in total. The molecule has 0 saturated heterocycles. The minimum absolute atomic E-state index is 0.339. The molecular formula is C24H44O2. The van der Waals surface area contributed by atoms with E-state index in [1.807, 2.05) is 0 Å². The van der Waals surface area contributed by atoms with Crippen molar-refractivity contribution in [2.75, 3.05) is 0 Å². The molecule has 0 spiro atoms. The summed E-state index contributed by atoms with van der Waals surface area (Å²) in [6.45, 7) is 2.24. The molecule has 0 aromatic carbocycles. The van der Waals surface area contributed by atoms with E-state index in [4.69, 9.17) is 5.11 Å². The van der Waals surface area contributed by atoms with E-state index in [-0.39, 0.29) is 0 Å². The summed E-state index contributed by atoms with van der Waals surface area (Å²) in [6, 6.07) is 0. The highest BCUT2D eigenvalue weighted by atomic mass is 16.4. The van der Waals surface area contributed by atoms with Gasteiger partial charge in [-0.1, -0.05) is 108 Å². The Balaban J connectivity index is 3.11. The lowest BCUT2D eigenvalue weighted by Crippen LogP contribution is -1.93. The van der Waals surface area contributed by atoms with Gasteiger partial charge in [-0.25, -0.2) is 0 Å². The summed E-state index contributed by atoms with van der Waals surface area (Å²) < 4.78 is 0. The van der Waals surface area contributed by atoms with Crippen LogP contribution in [0.25, 0.3) is 0 Å². The van der Waals surface area contributed by atoms with Gasteiger partial charge in [0, 0.05) is 6.42 Å². The smallest absolute Gasteiger partial charge is 0.303 e. The zero-order valence-corrected chi connectivity index (χ0v) is 17.4. The van der Waals surface area contributed by atoms with Gasteiger partial charge in [0.2, 0.25) is 0 Å².